The van der Waals surface area contributed by atoms with E-state index in [4.69, 9.17) is 15.2 Å². The van der Waals surface area contributed by atoms with Gasteiger partial charge in [-0.2, -0.15) is 0 Å². The largest absolute Gasteiger partial charge is 0.490 e. The van der Waals surface area contributed by atoms with Crippen molar-refractivity contribution in [3.63, 3.8) is 0 Å². The highest BCUT2D eigenvalue weighted by molar-refractivity contribution is 5.83. The normalized spacial score (nSPS) is 11.4. The van der Waals surface area contributed by atoms with Gasteiger partial charge in [-0.05, 0) is 24.6 Å². The molecule has 0 bridgehead atoms. The number of aryl methyl sites for hydroxylation is 1. The van der Waals surface area contributed by atoms with Crippen LogP contribution in [0.25, 0.3) is 0 Å². The third-order valence-electron chi connectivity index (χ3n) is 3.50. The number of urea groups is 1. The lowest BCUT2D eigenvalue weighted by molar-refractivity contribution is -0.146. The third kappa shape index (κ3) is 6.55. The Bertz CT molecular complexity index is 686. The van der Waals surface area contributed by atoms with E-state index in [1.807, 2.05) is 61.5 Å². The molecule has 132 valence electrons. The van der Waals surface area contributed by atoms with Gasteiger partial charge < -0.3 is 20.5 Å². The average Bonchev–Trinajstić information content (AvgIpc) is 2.60. The van der Waals surface area contributed by atoms with Crippen molar-refractivity contribution >= 4 is 12.0 Å². The number of amides is 2. The Morgan fingerprint density at radius 2 is 1.72 bits per heavy atom. The van der Waals surface area contributed by atoms with Gasteiger partial charge >= 0.3 is 12.0 Å². The molecule has 0 aromatic heterocycles. The minimum Gasteiger partial charge on any atom is -0.490 e. The first-order valence-corrected chi connectivity index (χ1v) is 8.00. The molecule has 0 radical (unpaired) electrons. The van der Waals surface area contributed by atoms with Crippen LogP contribution in [0.4, 0.5) is 4.79 Å². The number of benzene rings is 2. The number of ether oxygens (including phenoxy) is 2. The predicted molar refractivity (Wildman–Crippen MR) is 94.3 cm³/mol. The summed E-state index contributed by atoms with van der Waals surface area (Å²) in [5, 5.41) is 2.42. The molecule has 6 nitrogen and oxygen atoms in total. The van der Waals surface area contributed by atoms with E-state index in [1.165, 1.54) is 0 Å². The van der Waals surface area contributed by atoms with Gasteiger partial charge in [-0.1, -0.05) is 48.0 Å². The second-order valence-electron chi connectivity index (χ2n) is 5.58. The van der Waals surface area contributed by atoms with E-state index in [0.29, 0.717) is 12.2 Å². The predicted octanol–water partition coefficient (Wildman–Crippen LogP) is 2.20. The molecular weight excluding hydrogens is 320 g/mol. The number of carbonyl (C=O) groups is 2. The van der Waals surface area contributed by atoms with Crippen LogP contribution in [-0.2, 0) is 16.0 Å². The molecule has 0 heterocycles. The number of hydrogen-bond acceptors (Lipinski definition) is 4. The molecule has 0 spiro atoms. The van der Waals surface area contributed by atoms with Crippen LogP contribution in [0.1, 0.15) is 11.1 Å². The highest BCUT2D eigenvalue weighted by Gasteiger charge is 2.21. The van der Waals surface area contributed by atoms with Crippen molar-refractivity contribution in [2.45, 2.75) is 19.4 Å². The summed E-state index contributed by atoms with van der Waals surface area (Å²) in [5.74, 6) is 0.160. The second kappa shape index (κ2) is 9.32. The van der Waals surface area contributed by atoms with Crippen LogP contribution in [0.3, 0.4) is 0 Å². The lowest BCUT2D eigenvalue weighted by atomic mass is 10.1. The zero-order chi connectivity index (χ0) is 18.1. The van der Waals surface area contributed by atoms with Gasteiger partial charge in [0.25, 0.3) is 0 Å². The van der Waals surface area contributed by atoms with Crippen LogP contribution in [0.2, 0.25) is 0 Å². The monoisotopic (exact) mass is 342 g/mol. The number of nitrogens with two attached hydrogens (primary N) is 1. The number of nitrogens with one attached hydrogen (secondary N) is 1. The third-order valence-corrected chi connectivity index (χ3v) is 3.50. The molecule has 2 rings (SSSR count). The molecule has 0 aliphatic carbocycles. The first-order chi connectivity index (χ1) is 12.0. The van der Waals surface area contributed by atoms with Gasteiger partial charge in [-0.3, -0.25) is 0 Å². The molecule has 3 N–H and O–H groups in total. The van der Waals surface area contributed by atoms with Crippen LogP contribution >= 0.6 is 0 Å². The van der Waals surface area contributed by atoms with Crippen molar-refractivity contribution < 1.29 is 19.1 Å². The van der Waals surface area contributed by atoms with E-state index in [9.17, 15) is 9.59 Å². The Morgan fingerprint density at radius 3 is 2.36 bits per heavy atom. The molecule has 0 saturated heterocycles. The summed E-state index contributed by atoms with van der Waals surface area (Å²) in [7, 11) is 0. The lowest BCUT2D eigenvalue weighted by Gasteiger charge is -2.16. The molecule has 0 fully saturated rings. The molecule has 6 heteroatoms. The molecular formula is C19H22N2O4. The number of primary amides is 1. The van der Waals surface area contributed by atoms with Gasteiger partial charge in [-0.25, -0.2) is 9.59 Å². The Balaban J connectivity index is 1.82. The maximum Gasteiger partial charge on any atom is 0.329 e. The summed E-state index contributed by atoms with van der Waals surface area (Å²) in [5.41, 5.74) is 7.18. The molecule has 25 heavy (non-hydrogen) atoms. The van der Waals surface area contributed by atoms with Crippen LogP contribution in [0.15, 0.2) is 54.6 Å². The van der Waals surface area contributed by atoms with Crippen molar-refractivity contribution in [3.8, 4) is 5.75 Å². The number of carbonyl (C=O) groups excluding carboxylic acids is 2. The van der Waals surface area contributed by atoms with Crippen LogP contribution < -0.4 is 15.8 Å². The van der Waals surface area contributed by atoms with Crippen molar-refractivity contribution in [3.05, 3.63) is 65.7 Å². The smallest absolute Gasteiger partial charge is 0.329 e. The Hall–Kier alpha value is -3.02. The fourth-order valence-corrected chi connectivity index (χ4v) is 2.25. The zero-order valence-electron chi connectivity index (χ0n) is 14.1. The molecule has 1 atom stereocenters. The molecule has 2 aromatic carbocycles. The first kappa shape index (κ1) is 18.3. The zero-order valence-corrected chi connectivity index (χ0v) is 14.1. The number of hydrogen-bond donors (Lipinski definition) is 2. The molecule has 0 saturated carbocycles. The van der Waals surface area contributed by atoms with Gasteiger partial charge in [0.05, 0.1) is 0 Å². The highest BCUT2D eigenvalue weighted by atomic mass is 16.6. The minimum absolute atomic E-state index is 0.0818. The highest BCUT2D eigenvalue weighted by Crippen LogP contribution is 2.11. The van der Waals surface area contributed by atoms with Gasteiger partial charge in [0.2, 0.25) is 0 Å². The van der Waals surface area contributed by atoms with Gasteiger partial charge in [0.15, 0.2) is 0 Å². The second-order valence-corrected chi connectivity index (χ2v) is 5.58. The molecule has 0 aliphatic heterocycles. The fraction of sp³-hybridized carbons (Fsp3) is 0.263. The average molecular weight is 342 g/mol. The van der Waals surface area contributed by atoms with Gasteiger partial charge in [0, 0.05) is 6.42 Å². The maximum atomic E-state index is 12.2. The Morgan fingerprint density at radius 1 is 1.04 bits per heavy atom. The quantitative estimate of drug-likeness (QED) is 0.568. The molecule has 2 aromatic rings. The minimum atomic E-state index is -0.834. The lowest BCUT2D eigenvalue weighted by Crippen LogP contribution is -2.46. The molecule has 2 amide bonds. The standard InChI is InChI=1S/C19H22N2O4/c1-14-7-9-16(10-8-14)24-11-12-25-18(22)17(21-19(20)23)13-15-5-3-2-4-6-15/h2-10,17H,11-13H2,1H3,(H3,20,21,23)/t17-/m0/s1. The SMILES string of the molecule is Cc1ccc(OCCOC(=O)[C@H](Cc2ccccc2)NC(N)=O)cc1. The van der Waals surface area contributed by atoms with Crippen LogP contribution in [0, 0.1) is 6.92 Å². The summed E-state index contributed by atoms with van der Waals surface area (Å²) < 4.78 is 10.7. The van der Waals surface area contributed by atoms with E-state index in [0.717, 1.165) is 11.1 Å². The van der Waals surface area contributed by atoms with Gasteiger partial charge in [-0.15, -0.1) is 0 Å². The summed E-state index contributed by atoms with van der Waals surface area (Å²) in [4.78, 5) is 23.3. The summed E-state index contributed by atoms with van der Waals surface area (Å²) in [6, 6.07) is 15.3. The van der Waals surface area contributed by atoms with E-state index >= 15 is 0 Å². The number of rotatable bonds is 8. The van der Waals surface area contributed by atoms with Crippen molar-refractivity contribution in [1.82, 2.24) is 5.32 Å². The van der Waals surface area contributed by atoms with E-state index in [2.05, 4.69) is 5.32 Å². The summed E-state index contributed by atoms with van der Waals surface area (Å²) in [6.45, 7) is 2.30. The van der Waals surface area contributed by atoms with Crippen LogP contribution in [-0.4, -0.2) is 31.3 Å². The Kier molecular flexibility index (Phi) is 6.83. The van der Waals surface area contributed by atoms with E-state index in [1.54, 1.807) is 0 Å². The maximum absolute atomic E-state index is 12.2. The molecule has 0 unspecified atom stereocenters. The van der Waals surface area contributed by atoms with E-state index < -0.39 is 18.0 Å². The Labute approximate surface area is 146 Å². The van der Waals surface area contributed by atoms with Crippen molar-refractivity contribution in [2.24, 2.45) is 5.73 Å². The molecule has 0 aliphatic rings. The van der Waals surface area contributed by atoms with Crippen LogP contribution in [0.5, 0.6) is 5.75 Å². The summed E-state index contributed by atoms with van der Waals surface area (Å²) >= 11 is 0. The van der Waals surface area contributed by atoms with Crippen molar-refractivity contribution in [2.75, 3.05) is 13.2 Å². The summed E-state index contributed by atoms with van der Waals surface area (Å²) in [6.07, 6.45) is 0.307. The van der Waals surface area contributed by atoms with Crippen molar-refractivity contribution in [1.29, 1.82) is 0 Å². The topological polar surface area (TPSA) is 90.7 Å². The van der Waals surface area contributed by atoms with E-state index in [-0.39, 0.29) is 13.2 Å². The van der Waals surface area contributed by atoms with Gasteiger partial charge in [0.1, 0.15) is 25.0 Å². The first-order valence-electron chi connectivity index (χ1n) is 8.00. The fourth-order valence-electron chi connectivity index (χ4n) is 2.25. The number of esters is 1.